The second kappa shape index (κ2) is 5.32. The first-order valence-electron chi connectivity index (χ1n) is 6.20. The maximum Gasteiger partial charge on any atom is 0.166 e. The van der Waals surface area contributed by atoms with Crippen molar-refractivity contribution < 1.29 is 9.53 Å². The molecule has 1 aromatic carbocycles. The Morgan fingerprint density at radius 2 is 2.29 bits per heavy atom. The Balaban J connectivity index is 2.09. The van der Waals surface area contributed by atoms with Gasteiger partial charge in [-0.3, -0.25) is 4.79 Å². The number of nitrogens with one attached hydrogen (secondary N) is 1. The fourth-order valence-electron chi connectivity index (χ4n) is 2.05. The first-order chi connectivity index (χ1) is 8.22. The molecule has 92 valence electrons. The zero-order chi connectivity index (χ0) is 12.3. The molecule has 17 heavy (non-hydrogen) atoms. The molecule has 1 N–H and O–H groups in total. The number of Topliss-reactive ketones (excluding diaryl/α,β-unsaturated/α-hetero) is 1. The second-order valence-corrected chi connectivity index (χ2v) is 4.53. The van der Waals surface area contributed by atoms with Crippen LogP contribution in [0.25, 0.3) is 0 Å². The molecule has 1 fully saturated rings. The van der Waals surface area contributed by atoms with Gasteiger partial charge in [0.25, 0.3) is 0 Å². The molecule has 3 nitrogen and oxygen atoms in total. The minimum Gasteiger partial charge on any atom is -0.494 e. The standard InChI is InChI=1S/C14H19NO2/c1-3-17-13-6-4-5-11(7-13)14(16)10(2)12-8-15-9-12/h4-7,10,12,15H,3,8-9H2,1-2H3. The Hall–Kier alpha value is -1.35. The molecule has 0 saturated carbocycles. The van der Waals surface area contributed by atoms with E-state index in [4.69, 9.17) is 4.74 Å². The second-order valence-electron chi connectivity index (χ2n) is 4.53. The summed E-state index contributed by atoms with van der Waals surface area (Å²) < 4.78 is 5.41. The summed E-state index contributed by atoms with van der Waals surface area (Å²) in [6, 6.07) is 7.47. The van der Waals surface area contributed by atoms with Crippen LogP contribution < -0.4 is 10.1 Å². The van der Waals surface area contributed by atoms with E-state index in [0.29, 0.717) is 12.5 Å². The van der Waals surface area contributed by atoms with E-state index in [1.807, 2.05) is 38.1 Å². The number of hydrogen-bond acceptors (Lipinski definition) is 3. The van der Waals surface area contributed by atoms with Crippen molar-refractivity contribution in [1.29, 1.82) is 0 Å². The highest BCUT2D eigenvalue weighted by molar-refractivity contribution is 5.98. The van der Waals surface area contributed by atoms with Crippen LogP contribution in [0.4, 0.5) is 0 Å². The minimum absolute atomic E-state index is 0.0909. The number of carbonyl (C=O) groups excluding carboxylic acids is 1. The third-order valence-corrected chi connectivity index (χ3v) is 3.36. The first-order valence-corrected chi connectivity index (χ1v) is 6.20. The topological polar surface area (TPSA) is 38.3 Å². The Bertz CT molecular complexity index is 399. The fraction of sp³-hybridized carbons (Fsp3) is 0.500. The molecule has 0 aromatic heterocycles. The van der Waals surface area contributed by atoms with Gasteiger partial charge >= 0.3 is 0 Å². The van der Waals surface area contributed by atoms with Gasteiger partial charge < -0.3 is 10.1 Å². The molecule has 1 atom stereocenters. The molecule has 1 aliphatic heterocycles. The molecule has 2 rings (SSSR count). The van der Waals surface area contributed by atoms with E-state index in [2.05, 4.69) is 5.32 Å². The van der Waals surface area contributed by atoms with Gasteiger partial charge in [-0.25, -0.2) is 0 Å². The van der Waals surface area contributed by atoms with Gasteiger partial charge in [0.05, 0.1) is 6.61 Å². The number of rotatable bonds is 5. The Labute approximate surface area is 102 Å². The molecular formula is C14H19NO2. The van der Waals surface area contributed by atoms with Crippen molar-refractivity contribution in [2.24, 2.45) is 11.8 Å². The van der Waals surface area contributed by atoms with Crippen LogP contribution in [0.15, 0.2) is 24.3 Å². The van der Waals surface area contributed by atoms with Crippen LogP contribution in [0.2, 0.25) is 0 Å². The highest BCUT2D eigenvalue weighted by atomic mass is 16.5. The lowest BCUT2D eigenvalue weighted by Gasteiger charge is -2.31. The summed E-state index contributed by atoms with van der Waals surface area (Å²) in [6.07, 6.45) is 0. The maximum atomic E-state index is 12.3. The van der Waals surface area contributed by atoms with E-state index in [-0.39, 0.29) is 11.7 Å². The SMILES string of the molecule is CCOc1cccc(C(=O)C(C)C2CNC2)c1. The van der Waals surface area contributed by atoms with Gasteiger partial charge in [0.2, 0.25) is 0 Å². The minimum atomic E-state index is 0.0909. The van der Waals surface area contributed by atoms with E-state index in [0.717, 1.165) is 24.4 Å². The third kappa shape index (κ3) is 2.67. The molecule has 0 spiro atoms. The van der Waals surface area contributed by atoms with E-state index in [1.54, 1.807) is 0 Å². The van der Waals surface area contributed by atoms with Gasteiger partial charge in [-0.2, -0.15) is 0 Å². The Morgan fingerprint density at radius 1 is 1.53 bits per heavy atom. The predicted octanol–water partition coefficient (Wildman–Crippen LogP) is 2.12. The number of ketones is 1. The number of carbonyl (C=O) groups is 1. The van der Waals surface area contributed by atoms with Gasteiger partial charge in [0.15, 0.2) is 5.78 Å². The van der Waals surface area contributed by atoms with Gasteiger partial charge in [-0.05, 0) is 38.1 Å². The number of hydrogen-bond donors (Lipinski definition) is 1. The quantitative estimate of drug-likeness (QED) is 0.792. The molecule has 1 aromatic rings. The summed E-state index contributed by atoms with van der Waals surface area (Å²) in [5.74, 6) is 1.57. The molecule has 1 heterocycles. The summed E-state index contributed by atoms with van der Waals surface area (Å²) >= 11 is 0. The van der Waals surface area contributed by atoms with Crippen LogP contribution in [0, 0.1) is 11.8 Å². The van der Waals surface area contributed by atoms with Gasteiger partial charge in [-0.1, -0.05) is 19.1 Å². The van der Waals surface area contributed by atoms with Gasteiger partial charge in [0.1, 0.15) is 5.75 Å². The van der Waals surface area contributed by atoms with Gasteiger partial charge in [-0.15, -0.1) is 0 Å². The molecule has 1 unspecified atom stereocenters. The van der Waals surface area contributed by atoms with Crippen molar-refractivity contribution >= 4 is 5.78 Å². The lowest BCUT2D eigenvalue weighted by molar-refractivity contribution is 0.0853. The molecule has 0 aliphatic carbocycles. The van der Waals surface area contributed by atoms with E-state index >= 15 is 0 Å². The van der Waals surface area contributed by atoms with Crippen LogP contribution in [0.3, 0.4) is 0 Å². The zero-order valence-electron chi connectivity index (χ0n) is 10.4. The molecule has 0 radical (unpaired) electrons. The van der Waals surface area contributed by atoms with E-state index in [9.17, 15) is 4.79 Å². The van der Waals surface area contributed by atoms with E-state index < -0.39 is 0 Å². The lowest BCUT2D eigenvalue weighted by Crippen LogP contribution is -2.47. The highest BCUT2D eigenvalue weighted by Gasteiger charge is 2.29. The molecule has 1 aliphatic rings. The lowest BCUT2D eigenvalue weighted by atomic mass is 9.83. The van der Waals surface area contributed by atoms with Crippen LogP contribution >= 0.6 is 0 Å². The summed E-state index contributed by atoms with van der Waals surface area (Å²) in [6.45, 7) is 6.49. The zero-order valence-corrected chi connectivity index (χ0v) is 10.4. The monoisotopic (exact) mass is 233 g/mol. The van der Waals surface area contributed by atoms with Crippen LogP contribution in [0.1, 0.15) is 24.2 Å². The van der Waals surface area contributed by atoms with Crippen molar-refractivity contribution in [3.63, 3.8) is 0 Å². The average molecular weight is 233 g/mol. The molecular weight excluding hydrogens is 214 g/mol. The molecule has 1 saturated heterocycles. The predicted molar refractivity (Wildman–Crippen MR) is 67.5 cm³/mol. The Kier molecular flexibility index (Phi) is 3.79. The molecule has 0 bridgehead atoms. The largest absolute Gasteiger partial charge is 0.494 e. The van der Waals surface area contributed by atoms with Crippen molar-refractivity contribution in [2.75, 3.05) is 19.7 Å². The van der Waals surface area contributed by atoms with Crippen molar-refractivity contribution in [2.45, 2.75) is 13.8 Å². The molecule has 0 amide bonds. The summed E-state index contributed by atoms with van der Waals surface area (Å²) in [4.78, 5) is 12.3. The van der Waals surface area contributed by atoms with Gasteiger partial charge in [0, 0.05) is 11.5 Å². The summed E-state index contributed by atoms with van der Waals surface area (Å²) in [5.41, 5.74) is 0.760. The highest BCUT2D eigenvalue weighted by Crippen LogP contribution is 2.22. The summed E-state index contributed by atoms with van der Waals surface area (Å²) in [5, 5.41) is 3.20. The van der Waals surface area contributed by atoms with E-state index in [1.165, 1.54) is 0 Å². The number of ether oxygens (including phenoxy) is 1. The smallest absolute Gasteiger partial charge is 0.166 e. The third-order valence-electron chi connectivity index (χ3n) is 3.36. The van der Waals surface area contributed by atoms with Crippen molar-refractivity contribution in [3.8, 4) is 5.75 Å². The van der Waals surface area contributed by atoms with Crippen molar-refractivity contribution in [3.05, 3.63) is 29.8 Å². The number of benzene rings is 1. The van der Waals surface area contributed by atoms with Crippen LogP contribution in [-0.4, -0.2) is 25.5 Å². The van der Waals surface area contributed by atoms with Crippen LogP contribution in [-0.2, 0) is 0 Å². The van der Waals surface area contributed by atoms with Crippen molar-refractivity contribution in [1.82, 2.24) is 5.32 Å². The first kappa shape index (κ1) is 12.1. The average Bonchev–Trinajstić information content (AvgIpc) is 2.26. The molecule has 3 heteroatoms. The van der Waals surface area contributed by atoms with Crippen LogP contribution in [0.5, 0.6) is 5.75 Å². The normalized spacial score (nSPS) is 17.3. The maximum absolute atomic E-state index is 12.3. The fourth-order valence-corrected chi connectivity index (χ4v) is 2.05. The Morgan fingerprint density at radius 3 is 2.88 bits per heavy atom. The summed E-state index contributed by atoms with van der Waals surface area (Å²) in [7, 11) is 0.